The summed E-state index contributed by atoms with van der Waals surface area (Å²) in [6, 6.07) is 4.10. The lowest BCUT2D eigenvalue weighted by atomic mass is 10.1. The smallest absolute Gasteiger partial charge is 0.251 e. The lowest BCUT2D eigenvalue weighted by molar-refractivity contribution is 0.0933. The van der Waals surface area contributed by atoms with Crippen LogP contribution in [0.15, 0.2) is 12.1 Å². The van der Waals surface area contributed by atoms with Gasteiger partial charge in [-0.15, -0.1) is 0 Å². The number of rotatable bonds is 5. The third kappa shape index (κ3) is 4.73. The van der Waals surface area contributed by atoms with Crippen LogP contribution in [0.3, 0.4) is 0 Å². The van der Waals surface area contributed by atoms with Crippen LogP contribution >= 0.6 is 0 Å². The molecular formula is C17H27N3O. The summed E-state index contributed by atoms with van der Waals surface area (Å²) in [6.07, 6.45) is 8.10. The van der Waals surface area contributed by atoms with Gasteiger partial charge < -0.3 is 10.6 Å². The lowest BCUT2D eigenvalue weighted by Gasteiger charge is -2.17. The second-order valence-electron chi connectivity index (χ2n) is 5.78. The third-order valence-electron chi connectivity index (χ3n) is 4.05. The van der Waals surface area contributed by atoms with Crippen LogP contribution in [0.1, 0.15) is 68.4 Å². The first-order valence-corrected chi connectivity index (χ1v) is 8.28. The van der Waals surface area contributed by atoms with E-state index in [1.54, 1.807) is 0 Å². The quantitative estimate of drug-likeness (QED) is 0.815. The molecule has 2 N–H and O–H groups in total. The van der Waals surface area contributed by atoms with Gasteiger partial charge >= 0.3 is 0 Å². The zero-order valence-electron chi connectivity index (χ0n) is 13.2. The first-order chi connectivity index (χ1) is 10.2. The maximum Gasteiger partial charge on any atom is 0.251 e. The molecule has 1 saturated carbocycles. The van der Waals surface area contributed by atoms with Crippen molar-refractivity contribution in [1.29, 1.82) is 0 Å². The highest BCUT2D eigenvalue weighted by molar-refractivity contribution is 5.95. The fourth-order valence-corrected chi connectivity index (χ4v) is 2.86. The molecule has 21 heavy (non-hydrogen) atoms. The van der Waals surface area contributed by atoms with Crippen LogP contribution in [0.5, 0.6) is 0 Å². The Bertz CT molecular complexity index is 465. The molecule has 1 aromatic rings. The fourth-order valence-electron chi connectivity index (χ4n) is 2.86. The van der Waals surface area contributed by atoms with Crippen molar-refractivity contribution in [2.45, 2.75) is 64.8 Å². The van der Waals surface area contributed by atoms with Crippen molar-refractivity contribution in [2.24, 2.45) is 0 Å². The Kier molecular flexibility index (Phi) is 6.03. The zero-order chi connectivity index (χ0) is 15.1. The predicted molar refractivity (Wildman–Crippen MR) is 86.7 cm³/mol. The highest BCUT2D eigenvalue weighted by atomic mass is 16.1. The summed E-state index contributed by atoms with van der Waals surface area (Å²) in [5, 5.41) is 6.40. The van der Waals surface area contributed by atoms with Gasteiger partial charge in [0, 0.05) is 23.8 Å². The van der Waals surface area contributed by atoms with Crippen molar-refractivity contribution in [1.82, 2.24) is 10.3 Å². The van der Waals surface area contributed by atoms with Crippen molar-refractivity contribution in [3.8, 4) is 0 Å². The molecule has 1 fully saturated rings. The normalized spacial score (nSPS) is 16.3. The number of hydrogen-bond acceptors (Lipinski definition) is 3. The number of aryl methyl sites for hydroxylation is 1. The topological polar surface area (TPSA) is 54.0 Å². The summed E-state index contributed by atoms with van der Waals surface area (Å²) >= 11 is 0. The summed E-state index contributed by atoms with van der Waals surface area (Å²) in [5.41, 5.74) is 1.68. The second-order valence-corrected chi connectivity index (χ2v) is 5.78. The molecule has 1 aromatic heterocycles. The molecule has 0 aromatic carbocycles. The van der Waals surface area contributed by atoms with E-state index in [2.05, 4.69) is 22.5 Å². The molecule has 1 heterocycles. The van der Waals surface area contributed by atoms with Gasteiger partial charge in [0.05, 0.1) is 0 Å². The van der Waals surface area contributed by atoms with Gasteiger partial charge in [0.25, 0.3) is 5.91 Å². The molecule has 0 bridgehead atoms. The van der Waals surface area contributed by atoms with E-state index in [0.29, 0.717) is 6.04 Å². The average Bonchev–Trinajstić information content (AvgIpc) is 2.76. The molecule has 1 aliphatic carbocycles. The molecule has 4 heteroatoms. The van der Waals surface area contributed by atoms with Gasteiger partial charge in [-0.1, -0.05) is 32.6 Å². The summed E-state index contributed by atoms with van der Waals surface area (Å²) in [5.74, 6) is 0.834. The van der Waals surface area contributed by atoms with E-state index in [1.807, 2.05) is 19.1 Å². The molecule has 2 rings (SSSR count). The SMILES string of the molecule is CCNc1cc(C(=O)NC2CCCCCC2)cc(CC)n1. The Labute approximate surface area is 127 Å². The number of hydrogen-bond donors (Lipinski definition) is 2. The monoisotopic (exact) mass is 289 g/mol. The second kappa shape index (κ2) is 8.01. The minimum atomic E-state index is 0.0400. The number of nitrogens with zero attached hydrogens (tertiary/aromatic N) is 1. The number of aromatic nitrogens is 1. The standard InChI is InChI=1S/C17H27N3O/c1-3-14-11-13(12-16(19-14)18-4-2)17(21)20-15-9-7-5-6-8-10-15/h11-12,15H,3-10H2,1-2H3,(H,18,19)(H,20,21). The van der Waals surface area contributed by atoms with Crippen LogP contribution in [-0.2, 0) is 6.42 Å². The van der Waals surface area contributed by atoms with Crippen molar-refractivity contribution >= 4 is 11.7 Å². The maximum atomic E-state index is 12.5. The van der Waals surface area contributed by atoms with Crippen molar-refractivity contribution in [2.75, 3.05) is 11.9 Å². The van der Waals surface area contributed by atoms with E-state index in [9.17, 15) is 4.79 Å². The molecule has 0 unspecified atom stereocenters. The van der Waals surface area contributed by atoms with E-state index < -0.39 is 0 Å². The average molecular weight is 289 g/mol. The Morgan fingerprint density at radius 3 is 2.52 bits per heavy atom. The largest absolute Gasteiger partial charge is 0.370 e. The molecule has 0 saturated heterocycles. The summed E-state index contributed by atoms with van der Waals surface area (Å²) in [6.45, 7) is 4.90. The van der Waals surface area contributed by atoms with Gasteiger partial charge in [0.1, 0.15) is 5.82 Å². The summed E-state index contributed by atoms with van der Waals surface area (Å²) in [4.78, 5) is 17.0. The van der Waals surface area contributed by atoms with E-state index >= 15 is 0 Å². The molecular weight excluding hydrogens is 262 g/mol. The molecule has 4 nitrogen and oxygen atoms in total. The van der Waals surface area contributed by atoms with Crippen LogP contribution in [0.4, 0.5) is 5.82 Å². The molecule has 0 radical (unpaired) electrons. The van der Waals surface area contributed by atoms with E-state index in [-0.39, 0.29) is 5.91 Å². The first-order valence-electron chi connectivity index (χ1n) is 8.28. The summed E-state index contributed by atoms with van der Waals surface area (Å²) < 4.78 is 0. The summed E-state index contributed by atoms with van der Waals surface area (Å²) in [7, 11) is 0. The molecule has 0 aliphatic heterocycles. The number of carbonyl (C=O) groups is 1. The molecule has 116 valence electrons. The van der Waals surface area contributed by atoms with Gasteiger partial charge in [-0.05, 0) is 38.3 Å². The highest BCUT2D eigenvalue weighted by Crippen LogP contribution is 2.18. The zero-order valence-corrected chi connectivity index (χ0v) is 13.2. The highest BCUT2D eigenvalue weighted by Gasteiger charge is 2.16. The number of nitrogens with one attached hydrogen (secondary N) is 2. The van der Waals surface area contributed by atoms with Gasteiger partial charge in [-0.3, -0.25) is 4.79 Å². The minimum absolute atomic E-state index is 0.0400. The number of amides is 1. The fraction of sp³-hybridized carbons (Fsp3) is 0.647. The minimum Gasteiger partial charge on any atom is -0.370 e. The Balaban J connectivity index is 2.07. The van der Waals surface area contributed by atoms with Crippen molar-refractivity contribution in [3.05, 3.63) is 23.4 Å². The van der Waals surface area contributed by atoms with Crippen LogP contribution in [0.25, 0.3) is 0 Å². The van der Waals surface area contributed by atoms with E-state index in [0.717, 1.165) is 42.9 Å². The third-order valence-corrected chi connectivity index (χ3v) is 4.05. The Hall–Kier alpha value is -1.58. The Morgan fingerprint density at radius 1 is 1.19 bits per heavy atom. The first kappa shape index (κ1) is 15.8. The Morgan fingerprint density at radius 2 is 1.90 bits per heavy atom. The van der Waals surface area contributed by atoms with Crippen LogP contribution in [0.2, 0.25) is 0 Å². The van der Waals surface area contributed by atoms with Crippen molar-refractivity contribution < 1.29 is 4.79 Å². The van der Waals surface area contributed by atoms with Crippen LogP contribution in [-0.4, -0.2) is 23.5 Å². The van der Waals surface area contributed by atoms with Gasteiger partial charge in [-0.2, -0.15) is 0 Å². The van der Waals surface area contributed by atoms with E-state index in [4.69, 9.17) is 0 Å². The van der Waals surface area contributed by atoms with Crippen LogP contribution < -0.4 is 10.6 Å². The molecule has 0 atom stereocenters. The van der Waals surface area contributed by atoms with Gasteiger partial charge in [0.2, 0.25) is 0 Å². The van der Waals surface area contributed by atoms with Gasteiger partial charge in [0.15, 0.2) is 0 Å². The molecule has 1 amide bonds. The van der Waals surface area contributed by atoms with Crippen LogP contribution in [0, 0.1) is 0 Å². The number of pyridine rings is 1. The predicted octanol–water partition coefficient (Wildman–Crippen LogP) is 3.53. The molecule has 1 aliphatic rings. The van der Waals surface area contributed by atoms with E-state index in [1.165, 1.54) is 25.7 Å². The van der Waals surface area contributed by atoms with Gasteiger partial charge in [-0.25, -0.2) is 4.98 Å². The lowest BCUT2D eigenvalue weighted by Crippen LogP contribution is -2.34. The van der Waals surface area contributed by atoms with Crippen molar-refractivity contribution in [3.63, 3.8) is 0 Å². The molecule has 0 spiro atoms. The number of carbonyl (C=O) groups excluding carboxylic acids is 1. The maximum absolute atomic E-state index is 12.5. The number of anilines is 1.